The van der Waals surface area contributed by atoms with Crippen molar-refractivity contribution in [3.05, 3.63) is 29.3 Å². The number of hydrogen-bond acceptors (Lipinski definition) is 3. The van der Waals surface area contributed by atoms with E-state index in [-0.39, 0.29) is 17.6 Å². The van der Waals surface area contributed by atoms with Crippen LogP contribution in [-0.4, -0.2) is 18.2 Å². The minimum atomic E-state index is -5.14. The molecule has 4 nitrogen and oxygen atoms in total. The Morgan fingerprint density at radius 1 is 1.00 bits per heavy atom. The monoisotopic (exact) mass is 317 g/mol. The van der Waals surface area contributed by atoms with Crippen molar-refractivity contribution in [3.63, 3.8) is 0 Å². The van der Waals surface area contributed by atoms with E-state index in [1.54, 1.807) is 12.1 Å². The summed E-state index contributed by atoms with van der Waals surface area (Å²) in [7, 11) is 0. The smallest absolute Gasteiger partial charge is 0.410 e. The molecule has 2 amide bonds. The second-order valence-electron chi connectivity index (χ2n) is 5.49. The first-order valence-electron chi connectivity index (χ1n) is 6.75. The number of benzene rings is 1. The molecule has 0 radical (unpaired) electrons. The molecule has 0 bridgehead atoms. The summed E-state index contributed by atoms with van der Waals surface area (Å²) in [6.45, 7) is 7.76. The summed E-state index contributed by atoms with van der Waals surface area (Å²) in [6, 6.07) is 5.07. The number of rotatable bonds is 3. The Bertz CT molecular complexity index is 539. The van der Waals surface area contributed by atoms with Crippen LogP contribution in [-0.2, 0) is 4.79 Å². The molecule has 0 aliphatic carbocycles. The van der Waals surface area contributed by atoms with Gasteiger partial charge in [0, 0.05) is 0 Å². The standard InChI is InChI=1S/C15H18F3NO3/c1-8(2)10-5-11(9(3)4)7-12(6-10)22-14(21)19-13(20)15(16,17)18/h5-9H,1-4H3,(H,19,20,21). The Kier molecular flexibility index (Phi) is 5.57. The number of imide groups is 1. The zero-order valence-corrected chi connectivity index (χ0v) is 12.7. The van der Waals surface area contributed by atoms with Crippen molar-refractivity contribution in [2.75, 3.05) is 0 Å². The molecule has 0 saturated heterocycles. The Balaban J connectivity index is 2.93. The Labute approximate surface area is 126 Å². The van der Waals surface area contributed by atoms with Crippen LogP contribution in [0.15, 0.2) is 18.2 Å². The van der Waals surface area contributed by atoms with Gasteiger partial charge in [0.05, 0.1) is 0 Å². The minimum absolute atomic E-state index is 0.0994. The van der Waals surface area contributed by atoms with Crippen molar-refractivity contribution < 1.29 is 27.5 Å². The van der Waals surface area contributed by atoms with Crippen LogP contribution < -0.4 is 10.1 Å². The second-order valence-corrected chi connectivity index (χ2v) is 5.49. The third kappa shape index (κ3) is 5.05. The summed E-state index contributed by atoms with van der Waals surface area (Å²) in [4.78, 5) is 22.1. The second kappa shape index (κ2) is 6.81. The van der Waals surface area contributed by atoms with E-state index in [0.717, 1.165) is 16.4 Å². The molecule has 0 spiro atoms. The van der Waals surface area contributed by atoms with Crippen molar-refractivity contribution in [1.82, 2.24) is 5.32 Å². The van der Waals surface area contributed by atoms with Crippen molar-refractivity contribution in [1.29, 1.82) is 0 Å². The number of amides is 2. The topological polar surface area (TPSA) is 55.4 Å². The van der Waals surface area contributed by atoms with Gasteiger partial charge in [-0.1, -0.05) is 33.8 Å². The first kappa shape index (κ1) is 18.0. The van der Waals surface area contributed by atoms with Gasteiger partial charge in [-0.3, -0.25) is 10.1 Å². The maximum atomic E-state index is 12.1. The van der Waals surface area contributed by atoms with Gasteiger partial charge in [-0.2, -0.15) is 13.2 Å². The van der Waals surface area contributed by atoms with E-state index in [1.807, 2.05) is 33.8 Å². The molecule has 0 saturated carbocycles. The van der Waals surface area contributed by atoms with Gasteiger partial charge in [0.2, 0.25) is 0 Å². The fraction of sp³-hybridized carbons (Fsp3) is 0.467. The first-order chi connectivity index (χ1) is 10.0. The molecule has 0 aliphatic rings. The van der Waals surface area contributed by atoms with E-state index in [1.165, 1.54) is 0 Å². The lowest BCUT2D eigenvalue weighted by molar-refractivity contribution is -0.172. The molecular weight excluding hydrogens is 299 g/mol. The lowest BCUT2D eigenvalue weighted by Crippen LogP contribution is -2.41. The third-order valence-corrected chi connectivity index (χ3v) is 2.97. The Hall–Kier alpha value is -2.05. The van der Waals surface area contributed by atoms with Crippen LogP contribution in [0, 0.1) is 0 Å². The zero-order valence-electron chi connectivity index (χ0n) is 12.7. The largest absolute Gasteiger partial charge is 0.471 e. The molecule has 1 aromatic rings. The maximum Gasteiger partial charge on any atom is 0.471 e. The normalized spacial score (nSPS) is 11.7. The van der Waals surface area contributed by atoms with Crippen LogP contribution >= 0.6 is 0 Å². The number of carbonyl (C=O) groups excluding carboxylic acids is 2. The van der Waals surface area contributed by atoms with Crippen molar-refractivity contribution in [2.45, 2.75) is 45.7 Å². The predicted octanol–water partition coefficient (Wildman–Crippen LogP) is 4.11. The quantitative estimate of drug-likeness (QED) is 0.912. The van der Waals surface area contributed by atoms with Crippen molar-refractivity contribution >= 4 is 12.0 Å². The lowest BCUT2D eigenvalue weighted by atomic mass is 9.95. The van der Waals surface area contributed by atoms with Gasteiger partial charge >= 0.3 is 18.2 Å². The van der Waals surface area contributed by atoms with E-state index in [4.69, 9.17) is 4.74 Å². The molecule has 0 aliphatic heterocycles. The van der Waals surface area contributed by atoms with Crippen LogP contribution in [0.5, 0.6) is 5.75 Å². The summed E-state index contributed by atoms with van der Waals surface area (Å²) in [6.07, 6.45) is -6.60. The van der Waals surface area contributed by atoms with Gasteiger partial charge < -0.3 is 4.74 Å². The van der Waals surface area contributed by atoms with E-state index in [2.05, 4.69) is 0 Å². The fourth-order valence-electron chi connectivity index (χ4n) is 1.67. The molecule has 122 valence electrons. The molecule has 1 rings (SSSR count). The van der Waals surface area contributed by atoms with Crippen LogP contribution in [0.3, 0.4) is 0 Å². The Morgan fingerprint density at radius 3 is 1.82 bits per heavy atom. The molecule has 0 fully saturated rings. The van der Waals surface area contributed by atoms with Crippen molar-refractivity contribution in [3.8, 4) is 5.75 Å². The number of carbonyl (C=O) groups is 2. The molecule has 0 unspecified atom stereocenters. The Morgan fingerprint density at radius 2 is 1.45 bits per heavy atom. The predicted molar refractivity (Wildman–Crippen MR) is 74.8 cm³/mol. The number of ether oxygens (including phenoxy) is 1. The van der Waals surface area contributed by atoms with Gasteiger partial charge in [-0.05, 0) is 35.1 Å². The number of nitrogens with one attached hydrogen (secondary N) is 1. The minimum Gasteiger partial charge on any atom is -0.410 e. The van der Waals surface area contributed by atoms with E-state index >= 15 is 0 Å². The summed E-state index contributed by atoms with van der Waals surface area (Å²) in [5.41, 5.74) is 1.77. The van der Waals surface area contributed by atoms with Gasteiger partial charge in [-0.15, -0.1) is 0 Å². The van der Waals surface area contributed by atoms with Crippen LogP contribution in [0.25, 0.3) is 0 Å². The summed E-state index contributed by atoms with van der Waals surface area (Å²) < 4.78 is 41.0. The van der Waals surface area contributed by atoms with Gasteiger partial charge in [-0.25, -0.2) is 4.79 Å². The molecule has 22 heavy (non-hydrogen) atoms. The number of hydrogen-bond donors (Lipinski definition) is 1. The van der Waals surface area contributed by atoms with E-state index in [9.17, 15) is 22.8 Å². The number of alkyl halides is 3. The molecule has 1 N–H and O–H groups in total. The average molecular weight is 317 g/mol. The third-order valence-electron chi connectivity index (χ3n) is 2.97. The van der Waals surface area contributed by atoms with Crippen LogP contribution in [0.2, 0.25) is 0 Å². The van der Waals surface area contributed by atoms with Crippen LogP contribution in [0.4, 0.5) is 18.0 Å². The van der Waals surface area contributed by atoms with Crippen molar-refractivity contribution in [2.24, 2.45) is 0 Å². The van der Waals surface area contributed by atoms with Gasteiger partial charge in [0.1, 0.15) is 5.75 Å². The van der Waals surface area contributed by atoms with Gasteiger partial charge in [0.25, 0.3) is 0 Å². The highest BCUT2D eigenvalue weighted by Gasteiger charge is 2.40. The summed E-state index contributed by atoms with van der Waals surface area (Å²) in [5.74, 6) is -1.95. The van der Waals surface area contributed by atoms with Crippen LogP contribution in [0.1, 0.15) is 50.7 Å². The summed E-state index contributed by atoms with van der Waals surface area (Å²) >= 11 is 0. The first-order valence-corrected chi connectivity index (χ1v) is 6.75. The highest BCUT2D eigenvalue weighted by atomic mass is 19.4. The molecule has 7 heteroatoms. The molecular formula is C15H18F3NO3. The molecule has 0 heterocycles. The molecule has 0 atom stereocenters. The van der Waals surface area contributed by atoms with E-state index < -0.39 is 18.2 Å². The lowest BCUT2D eigenvalue weighted by Gasteiger charge is -2.14. The fourth-order valence-corrected chi connectivity index (χ4v) is 1.67. The summed E-state index contributed by atoms with van der Waals surface area (Å²) in [5, 5.41) is 1.14. The highest BCUT2D eigenvalue weighted by Crippen LogP contribution is 2.27. The molecule has 1 aromatic carbocycles. The highest BCUT2D eigenvalue weighted by molar-refractivity contribution is 5.95. The number of halogens is 3. The average Bonchev–Trinajstić information content (AvgIpc) is 2.36. The van der Waals surface area contributed by atoms with E-state index in [0.29, 0.717) is 0 Å². The SMILES string of the molecule is CC(C)c1cc(OC(=O)NC(=O)C(F)(F)F)cc(C(C)C)c1. The maximum absolute atomic E-state index is 12.1. The van der Waals surface area contributed by atoms with Gasteiger partial charge in [0.15, 0.2) is 0 Å². The zero-order chi connectivity index (χ0) is 17.1. The molecule has 0 aromatic heterocycles.